The summed E-state index contributed by atoms with van der Waals surface area (Å²) in [7, 11) is 0. The predicted molar refractivity (Wildman–Crippen MR) is 114 cm³/mol. The highest BCUT2D eigenvalue weighted by atomic mass is 16.3. The molecule has 2 aromatic heterocycles. The largest absolute Gasteiger partial charge is 0.463 e. The van der Waals surface area contributed by atoms with Crippen LogP contribution in [0.1, 0.15) is 49.5 Å². The van der Waals surface area contributed by atoms with Gasteiger partial charge in [-0.05, 0) is 48.1 Å². The van der Waals surface area contributed by atoms with E-state index in [2.05, 4.69) is 25.8 Å². The van der Waals surface area contributed by atoms with Crippen molar-refractivity contribution >= 4 is 16.9 Å². The van der Waals surface area contributed by atoms with E-state index >= 15 is 0 Å². The number of carbonyl (C=O) groups is 1. The van der Waals surface area contributed by atoms with Crippen LogP contribution >= 0.6 is 0 Å². The van der Waals surface area contributed by atoms with Crippen LogP contribution in [0.25, 0.3) is 22.1 Å². The highest BCUT2D eigenvalue weighted by Crippen LogP contribution is 2.37. The van der Waals surface area contributed by atoms with Gasteiger partial charge in [0.25, 0.3) is 11.5 Å². The zero-order valence-electron chi connectivity index (χ0n) is 17.1. The van der Waals surface area contributed by atoms with Crippen LogP contribution in [0, 0.1) is 0 Å². The topological polar surface area (TPSA) is 92.3 Å². The summed E-state index contributed by atoms with van der Waals surface area (Å²) in [5.74, 6) is -0.0714. The minimum absolute atomic E-state index is 0.00874. The Kier molecular flexibility index (Phi) is 4.82. The number of rotatable bonds is 2. The van der Waals surface area contributed by atoms with Crippen LogP contribution in [0.15, 0.2) is 45.9 Å². The second-order valence-electron chi connectivity index (χ2n) is 8.87. The fourth-order valence-corrected chi connectivity index (χ4v) is 4.03. The minimum atomic E-state index is -0.221. The number of benzene rings is 1. The van der Waals surface area contributed by atoms with Crippen molar-refractivity contribution in [2.24, 2.45) is 5.73 Å². The Hall–Kier alpha value is -2.86. The van der Waals surface area contributed by atoms with E-state index < -0.39 is 0 Å². The number of H-pyrrole nitrogens is 1. The number of fused-ring (bicyclic) bond motifs is 1. The maximum absolute atomic E-state index is 13.2. The van der Waals surface area contributed by atoms with Crippen LogP contribution in [0.4, 0.5) is 0 Å². The van der Waals surface area contributed by atoms with Gasteiger partial charge in [0.05, 0.1) is 5.56 Å². The van der Waals surface area contributed by atoms with Gasteiger partial charge in [0.1, 0.15) is 11.8 Å². The molecule has 29 heavy (non-hydrogen) atoms. The number of aromatic nitrogens is 1. The Morgan fingerprint density at radius 1 is 1.31 bits per heavy atom. The van der Waals surface area contributed by atoms with Crippen molar-refractivity contribution in [3.05, 3.63) is 58.2 Å². The quantitative estimate of drug-likeness (QED) is 0.695. The van der Waals surface area contributed by atoms with Crippen molar-refractivity contribution in [1.82, 2.24) is 9.88 Å². The van der Waals surface area contributed by atoms with Crippen LogP contribution < -0.4 is 11.3 Å². The zero-order chi connectivity index (χ0) is 20.8. The van der Waals surface area contributed by atoms with E-state index in [1.807, 2.05) is 12.1 Å². The molecule has 1 aliphatic heterocycles. The number of likely N-dealkylation sites (tertiary alicyclic amines) is 1. The molecule has 0 radical (unpaired) electrons. The summed E-state index contributed by atoms with van der Waals surface area (Å²) in [4.78, 5) is 30.2. The molecule has 6 heteroatoms. The molecule has 0 aliphatic carbocycles. The number of hydrogen-bond acceptors (Lipinski definition) is 4. The minimum Gasteiger partial charge on any atom is -0.463 e. The summed E-state index contributed by atoms with van der Waals surface area (Å²) in [5.41, 5.74) is 9.21. The van der Waals surface area contributed by atoms with Crippen molar-refractivity contribution in [1.29, 1.82) is 0 Å². The summed E-state index contributed by atoms with van der Waals surface area (Å²) in [6, 6.07) is 7.47. The molecule has 1 atom stereocenters. The Balaban J connectivity index is 1.90. The van der Waals surface area contributed by atoms with Gasteiger partial charge in [-0.3, -0.25) is 9.59 Å². The molecule has 0 spiro atoms. The van der Waals surface area contributed by atoms with Crippen molar-refractivity contribution in [2.45, 2.75) is 45.1 Å². The fraction of sp³-hybridized carbons (Fsp3) is 0.391. The Labute approximate surface area is 169 Å². The van der Waals surface area contributed by atoms with Crippen LogP contribution in [-0.2, 0) is 5.41 Å². The molecule has 3 N–H and O–H groups in total. The van der Waals surface area contributed by atoms with Crippen molar-refractivity contribution in [2.75, 3.05) is 13.1 Å². The Morgan fingerprint density at radius 3 is 2.79 bits per heavy atom. The zero-order valence-corrected chi connectivity index (χ0v) is 17.1. The van der Waals surface area contributed by atoms with Crippen molar-refractivity contribution in [3.63, 3.8) is 0 Å². The number of nitrogens with one attached hydrogen (secondary N) is 1. The number of amides is 1. The van der Waals surface area contributed by atoms with Crippen LogP contribution in [0.2, 0.25) is 0 Å². The molecule has 0 bridgehead atoms. The Morgan fingerprint density at radius 2 is 2.10 bits per heavy atom. The lowest BCUT2D eigenvalue weighted by Crippen LogP contribution is -2.45. The lowest BCUT2D eigenvalue weighted by atomic mass is 9.84. The van der Waals surface area contributed by atoms with E-state index in [-0.39, 0.29) is 22.9 Å². The summed E-state index contributed by atoms with van der Waals surface area (Å²) in [6.45, 7) is 7.52. The van der Waals surface area contributed by atoms with Gasteiger partial charge >= 0.3 is 0 Å². The van der Waals surface area contributed by atoms with Gasteiger partial charge in [0.15, 0.2) is 0 Å². The van der Waals surface area contributed by atoms with Gasteiger partial charge < -0.3 is 20.0 Å². The second kappa shape index (κ2) is 7.19. The molecule has 3 heterocycles. The molecule has 1 fully saturated rings. The maximum Gasteiger partial charge on any atom is 0.257 e. The number of carbonyl (C=O) groups excluding carboxylic acids is 1. The van der Waals surface area contributed by atoms with Gasteiger partial charge in [0, 0.05) is 41.8 Å². The summed E-state index contributed by atoms with van der Waals surface area (Å²) in [6.07, 6.45) is 4.99. The number of nitrogens with zero attached hydrogens (tertiary/aromatic N) is 1. The van der Waals surface area contributed by atoms with Gasteiger partial charge in [0.2, 0.25) is 0 Å². The van der Waals surface area contributed by atoms with E-state index in [9.17, 15) is 9.59 Å². The van der Waals surface area contributed by atoms with E-state index in [1.165, 1.54) is 0 Å². The molecule has 1 amide bonds. The lowest BCUT2D eigenvalue weighted by molar-refractivity contribution is 0.0710. The molecular formula is C23H27N3O3. The number of hydrogen-bond donors (Lipinski definition) is 2. The average Bonchev–Trinajstić information content (AvgIpc) is 3.10. The molecule has 1 saturated heterocycles. The highest BCUT2D eigenvalue weighted by Gasteiger charge is 2.28. The molecular weight excluding hydrogens is 366 g/mol. The number of furan rings is 1. The number of aromatic amines is 1. The molecule has 3 aromatic rings. The lowest BCUT2D eigenvalue weighted by Gasteiger charge is -2.30. The van der Waals surface area contributed by atoms with E-state index in [0.717, 1.165) is 29.4 Å². The SMILES string of the molecule is CC(C)(C)c1cc(-c2ccc[nH]c2=O)cc2c(C(=O)N3CCCC(N)C3)coc12. The summed E-state index contributed by atoms with van der Waals surface area (Å²) in [5, 5.41) is 0.736. The summed E-state index contributed by atoms with van der Waals surface area (Å²) >= 11 is 0. The second-order valence-corrected chi connectivity index (χ2v) is 8.87. The van der Waals surface area contributed by atoms with Gasteiger partial charge in [-0.15, -0.1) is 0 Å². The number of piperidine rings is 1. The van der Waals surface area contributed by atoms with Gasteiger partial charge in [-0.25, -0.2) is 0 Å². The van der Waals surface area contributed by atoms with Crippen LogP contribution in [0.3, 0.4) is 0 Å². The van der Waals surface area contributed by atoms with Crippen LogP contribution in [-0.4, -0.2) is 34.9 Å². The third kappa shape index (κ3) is 3.60. The third-order valence-electron chi connectivity index (χ3n) is 5.59. The fourth-order valence-electron chi connectivity index (χ4n) is 4.03. The molecule has 6 nitrogen and oxygen atoms in total. The number of nitrogens with two attached hydrogens (primary N) is 1. The molecule has 1 unspecified atom stereocenters. The first-order valence-electron chi connectivity index (χ1n) is 10.0. The molecule has 1 aliphatic rings. The average molecular weight is 393 g/mol. The normalized spacial score (nSPS) is 17.7. The van der Waals surface area contributed by atoms with Crippen molar-refractivity contribution in [3.8, 4) is 11.1 Å². The first-order chi connectivity index (χ1) is 13.8. The maximum atomic E-state index is 13.2. The van der Waals surface area contributed by atoms with E-state index in [1.54, 1.807) is 29.5 Å². The highest BCUT2D eigenvalue weighted by molar-refractivity contribution is 6.07. The van der Waals surface area contributed by atoms with E-state index in [4.69, 9.17) is 10.2 Å². The number of pyridine rings is 1. The molecule has 1 aromatic carbocycles. The first-order valence-corrected chi connectivity index (χ1v) is 10.0. The molecule has 152 valence electrons. The molecule has 4 rings (SSSR count). The Bertz CT molecular complexity index is 1120. The van der Waals surface area contributed by atoms with Gasteiger partial charge in [-0.2, -0.15) is 0 Å². The molecule has 0 saturated carbocycles. The van der Waals surface area contributed by atoms with E-state index in [0.29, 0.717) is 29.8 Å². The predicted octanol–water partition coefficient (Wildman–Crippen LogP) is 3.65. The monoisotopic (exact) mass is 393 g/mol. The first kappa shape index (κ1) is 19.5. The third-order valence-corrected chi connectivity index (χ3v) is 5.59. The van der Waals surface area contributed by atoms with Crippen LogP contribution in [0.5, 0.6) is 0 Å². The smallest absolute Gasteiger partial charge is 0.257 e. The standard InChI is InChI=1S/C23H27N3O3/c1-23(2,3)19-11-14(16-7-4-8-25-21(16)27)10-17-18(13-29-20(17)19)22(28)26-9-5-6-15(24)12-26/h4,7-8,10-11,13,15H,5-6,9,12,24H2,1-3H3,(H,25,27). The summed E-state index contributed by atoms with van der Waals surface area (Å²) < 4.78 is 5.90. The van der Waals surface area contributed by atoms with Crippen molar-refractivity contribution < 1.29 is 9.21 Å². The van der Waals surface area contributed by atoms with Gasteiger partial charge in [-0.1, -0.05) is 20.8 Å².